The summed E-state index contributed by atoms with van der Waals surface area (Å²) in [4.78, 5) is 12.6. The van der Waals surface area contributed by atoms with Gasteiger partial charge in [0.15, 0.2) is 5.13 Å². The predicted octanol–water partition coefficient (Wildman–Crippen LogP) is 3.60. The maximum atomic E-state index is 5.76. The standard InChI is InChI=1S/C16H16N4O2S/c1-9-4-11(22-14-7-18-13(21-3)6-19-14)5-10(2)15(9)12-8-23-16(17)20-12/h4-8H,1-3H3,(H2,17,20). The van der Waals surface area contributed by atoms with E-state index in [0.717, 1.165) is 22.4 Å². The summed E-state index contributed by atoms with van der Waals surface area (Å²) >= 11 is 1.43. The molecule has 0 amide bonds. The van der Waals surface area contributed by atoms with Gasteiger partial charge in [0.1, 0.15) is 5.75 Å². The van der Waals surface area contributed by atoms with Crippen molar-refractivity contribution in [3.63, 3.8) is 0 Å². The smallest absolute Gasteiger partial charge is 0.238 e. The molecular formula is C16H16N4O2S. The average molecular weight is 328 g/mol. The second kappa shape index (κ2) is 6.21. The van der Waals surface area contributed by atoms with Crippen LogP contribution in [0.2, 0.25) is 0 Å². The number of aromatic nitrogens is 3. The summed E-state index contributed by atoms with van der Waals surface area (Å²) in [5.41, 5.74) is 9.82. The highest BCUT2D eigenvalue weighted by Crippen LogP contribution is 2.33. The monoisotopic (exact) mass is 328 g/mol. The van der Waals surface area contributed by atoms with Gasteiger partial charge < -0.3 is 15.2 Å². The van der Waals surface area contributed by atoms with Crippen molar-refractivity contribution < 1.29 is 9.47 Å². The Morgan fingerprint density at radius 3 is 2.22 bits per heavy atom. The summed E-state index contributed by atoms with van der Waals surface area (Å²) < 4.78 is 10.7. The molecule has 2 heterocycles. The zero-order valence-corrected chi connectivity index (χ0v) is 13.8. The predicted molar refractivity (Wildman–Crippen MR) is 90.1 cm³/mol. The molecule has 0 aliphatic carbocycles. The van der Waals surface area contributed by atoms with Crippen molar-refractivity contribution in [2.24, 2.45) is 0 Å². The van der Waals surface area contributed by atoms with Gasteiger partial charge in [0.05, 0.1) is 25.2 Å². The molecule has 0 aliphatic rings. The molecule has 3 rings (SSSR count). The van der Waals surface area contributed by atoms with Crippen molar-refractivity contribution in [2.45, 2.75) is 13.8 Å². The number of rotatable bonds is 4. The Morgan fingerprint density at radius 2 is 1.70 bits per heavy atom. The Balaban J connectivity index is 1.89. The van der Waals surface area contributed by atoms with Crippen molar-refractivity contribution in [1.29, 1.82) is 0 Å². The fraction of sp³-hybridized carbons (Fsp3) is 0.188. The molecule has 0 unspecified atom stereocenters. The quantitative estimate of drug-likeness (QED) is 0.788. The number of nitrogens with two attached hydrogens (primary N) is 1. The van der Waals surface area contributed by atoms with E-state index in [0.29, 0.717) is 22.6 Å². The highest BCUT2D eigenvalue weighted by molar-refractivity contribution is 7.13. The van der Waals surface area contributed by atoms with Crippen molar-refractivity contribution in [2.75, 3.05) is 12.8 Å². The summed E-state index contributed by atoms with van der Waals surface area (Å²) in [6.45, 7) is 4.04. The first-order chi connectivity index (χ1) is 11.1. The van der Waals surface area contributed by atoms with Crippen LogP contribution in [0.15, 0.2) is 29.9 Å². The lowest BCUT2D eigenvalue weighted by Gasteiger charge is -2.11. The molecule has 2 aromatic heterocycles. The minimum atomic E-state index is 0.412. The van der Waals surface area contributed by atoms with Crippen LogP contribution in [0, 0.1) is 13.8 Å². The van der Waals surface area contributed by atoms with E-state index in [1.807, 2.05) is 31.4 Å². The third-order valence-electron chi connectivity index (χ3n) is 3.32. The molecule has 0 saturated heterocycles. The third-order valence-corrected chi connectivity index (χ3v) is 3.99. The lowest BCUT2D eigenvalue weighted by atomic mass is 10.0. The number of aryl methyl sites for hydroxylation is 2. The van der Waals surface area contributed by atoms with Gasteiger partial charge in [-0.05, 0) is 37.1 Å². The maximum Gasteiger partial charge on any atom is 0.238 e. The van der Waals surface area contributed by atoms with Crippen molar-refractivity contribution >= 4 is 16.5 Å². The van der Waals surface area contributed by atoms with Gasteiger partial charge in [0.25, 0.3) is 0 Å². The highest BCUT2D eigenvalue weighted by atomic mass is 32.1. The van der Waals surface area contributed by atoms with Gasteiger partial charge in [0.2, 0.25) is 11.8 Å². The normalized spacial score (nSPS) is 10.6. The summed E-state index contributed by atoms with van der Waals surface area (Å²) in [6.07, 6.45) is 3.04. The van der Waals surface area contributed by atoms with Gasteiger partial charge in [-0.2, -0.15) is 0 Å². The first-order valence-corrected chi connectivity index (χ1v) is 7.81. The van der Waals surface area contributed by atoms with Crippen LogP contribution in [0.4, 0.5) is 5.13 Å². The molecule has 0 fully saturated rings. The molecule has 0 bridgehead atoms. The van der Waals surface area contributed by atoms with Crippen LogP contribution in [0.1, 0.15) is 11.1 Å². The molecule has 0 spiro atoms. The number of hydrogen-bond acceptors (Lipinski definition) is 7. The lowest BCUT2D eigenvalue weighted by Crippen LogP contribution is -1.95. The van der Waals surface area contributed by atoms with Crippen LogP contribution in [0.25, 0.3) is 11.3 Å². The number of nitrogens with zero attached hydrogens (tertiary/aromatic N) is 3. The second-order valence-corrected chi connectivity index (χ2v) is 5.89. The van der Waals surface area contributed by atoms with Crippen LogP contribution < -0.4 is 15.2 Å². The van der Waals surface area contributed by atoms with Crippen LogP contribution in [0.3, 0.4) is 0 Å². The van der Waals surface area contributed by atoms with Gasteiger partial charge >= 0.3 is 0 Å². The van der Waals surface area contributed by atoms with Crippen LogP contribution >= 0.6 is 11.3 Å². The Kier molecular flexibility index (Phi) is 4.12. The summed E-state index contributed by atoms with van der Waals surface area (Å²) in [6, 6.07) is 3.90. The Morgan fingerprint density at radius 1 is 1.04 bits per heavy atom. The maximum absolute atomic E-state index is 5.76. The molecule has 23 heavy (non-hydrogen) atoms. The zero-order chi connectivity index (χ0) is 16.4. The van der Waals surface area contributed by atoms with Crippen LogP contribution in [0.5, 0.6) is 17.5 Å². The molecule has 118 valence electrons. The summed E-state index contributed by atoms with van der Waals surface area (Å²) in [5.74, 6) is 1.56. The largest absolute Gasteiger partial charge is 0.480 e. The number of nitrogen functional groups attached to an aromatic ring is 1. The van der Waals surface area contributed by atoms with E-state index in [4.69, 9.17) is 15.2 Å². The fourth-order valence-electron chi connectivity index (χ4n) is 2.37. The number of benzene rings is 1. The molecule has 6 nitrogen and oxygen atoms in total. The number of ether oxygens (including phenoxy) is 2. The summed E-state index contributed by atoms with van der Waals surface area (Å²) in [7, 11) is 1.54. The Hall–Kier alpha value is -2.67. The first-order valence-electron chi connectivity index (χ1n) is 6.93. The van der Waals surface area contributed by atoms with Gasteiger partial charge in [-0.15, -0.1) is 11.3 Å². The molecule has 7 heteroatoms. The van der Waals surface area contributed by atoms with Crippen molar-refractivity contribution in [3.05, 3.63) is 41.0 Å². The third kappa shape index (κ3) is 3.24. The Bertz CT molecular complexity index is 807. The van der Waals surface area contributed by atoms with E-state index in [9.17, 15) is 0 Å². The average Bonchev–Trinajstić information content (AvgIpc) is 2.93. The molecule has 0 aliphatic heterocycles. The molecule has 0 radical (unpaired) electrons. The lowest BCUT2D eigenvalue weighted by molar-refractivity contribution is 0.389. The van der Waals surface area contributed by atoms with E-state index >= 15 is 0 Å². The highest BCUT2D eigenvalue weighted by Gasteiger charge is 2.12. The van der Waals surface area contributed by atoms with Crippen LogP contribution in [-0.4, -0.2) is 22.1 Å². The number of thiazole rings is 1. The molecular weight excluding hydrogens is 312 g/mol. The van der Waals surface area contributed by atoms with E-state index in [-0.39, 0.29) is 0 Å². The zero-order valence-electron chi connectivity index (χ0n) is 13.0. The minimum Gasteiger partial charge on any atom is -0.480 e. The Labute approximate surface area is 138 Å². The number of methoxy groups -OCH3 is 1. The number of hydrogen-bond donors (Lipinski definition) is 1. The molecule has 0 atom stereocenters. The molecule has 1 aromatic carbocycles. The summed E-state index contributed by atoms with van der Waals surface area (Å²) in [5, 5.41) is 2.52. The van der Waals surface area contributed by atoms with Crippen LogP contribution in [-0.2, 0) is 0 Å². The molecule has 3 aromatic rings. The van der Waals surface area contributed by atoms with Gasteiger partial charge in [-0.1, -0.05) is 0 Å². The van der Waals surface area contributed by atoms with E-state index in [1.54, 1.807) is 7.11 Å². The minimum absolute atomic E-state index is 0.412. The van der Waals surface area contributed by atoms with Crippen molar-refractivity contribution in [3.8, 4) is 28.8 Å². The van der Waals surface area contributed by atoms with E-state index < -0.39 is 0 Å². The molecule has 0 saturated carbocycles. The van der Waals surface area contributed by atoms with Gasteiger partial charge in [-0.25, -0.2) is 15.0 Å². The number of anilines is 1. The van der Waals surface area contributed by atoms with Gasteiger partial charge in [0, 0.05) is 10.9 Å². The van der Waals surface area contributed by atoms with E-state index in [1.165, 1.54) is 23.7 Å². The second-order valence-electron chi connectivity index (χ2n) is 5.00. The first kappa shape index (κ1) is 15.2. The SMILES string of the molecule is COc1cnc(Oc2cc(C)c(-c3csc(N)n3)c(C)c2)cn1. The fourth-order valence-corrected chi connectivity index (χ4v) is 2.93. The van der Waals surface area contributed by atoms with E-state index in [2.05, 4.69) is 15.0 Å². The van der Waals surface area contributed by atoms with Gasteiger partial charge in [-0.3, -0.25) is 0 Å². The topological polar surface area (TPSA) is 83.2 Å². The van der Waals surface area contributed by atoms with Crippen molar-refractivity contribution in [1.82, 2.24) is 15.0 Å². The molecule has 2 N–H and O–H groups in total.